The minimum absolute atomic E-state index is 0.634. The smallest absolute Gasteiger partial charge is 0.227 e. The van der Waals surface area contributed by atoms with Crippen LogP contribution in [0, 0.1) is 0 Å². The molecule has 0 saturated heterocycles. The molecule has 0 amide bonds. The van der Waals surface area contributed by atoms with Gasteiger partial charge in [0.05, 0.1) is 6.20 Å². The van der Waals surface area contributed by atoms with E-state index in [4.69, 9.17) is 4.42 Å². The van der Waals surface area contributed by atoms with Crippen molar-refractivity contribution in [3.8, 4) is 33.9 Å². The lowest BCUT2D eigenvalue weighted by Crippen LogP contribution is -2.00. The Labute approximate surface area is 159 Å². The maximum absolute atomic E-state index is 6.19. The zero-order valence-corrected chi connectivity index (χ0v) is 15.4. The molecule has 4 rings (SSSR count). The Bertz CT molecular complexity index is 1020. The summed E-state index contributed by atoms with van der Waals surface area (Å²) in [5.74, 6) is 1.40. The van der Waals surface area contributed by atoms with Crippen molar-refractivity contribution in [3.05, 3.63) is 85.1 Å². The van der Waals surface area contributed by atoms with Crippen molar-refractivity contribution in [1.82, 2.24) is 4.98 Å². The molecule has 3 nitrogen and oxygen atoms in total. The maximum atomic E-state index is 6.19. The Morgan fingerprint density at radius 2 is 1.44 bits per heavy atom. The highest BCUT2D eigenvalue weighted by Crippen LogP contribution is 2.35. The van der Waals surface area contributed by atoms with E-state index in [0.29, 0.717) is 5.89 Å². The van der Waals surface area contributed by atoms with E-state index in [-0.39, 0.29) is 0 Å². The largest absolute Gasteiger partial charge is 0.436 e. The number of anilines is 1. The summed E-state index contributed by atoms with van der Waals surface area (Å²) in [5.41, 5.74) is 5.36. The molecule has 1 N–H and O–H groups in total. The summed E-state index contributed by atoms with van der Waals surface area (Å²) in [4.78, 5) is 4.58. The van der Waals surface area contributed by atoms with E-state index in [1.807, 2.05) is 48.7 Å². The fraction of sp³-hybridized carbons (Fsp3) is 0.125. The van der Waals surface area contributed by atoms with Gasteiger partial charge >= 0.3 is 0 Å². The number of nitrogens with one attached hydrogen (secondary N) is 1. The molecule has 0 unspecified atom stereocenters. The van der Waals surface area contributed by atoms with Crippen molar-refractivity contribution >= 4 is 5.69 Å². The number of oxazole rings is 1. The van der Waals surface area contributed by atoms with Gasteiger partial charge in [-0.25, -0.2) is 4.98 Å². The minimum atomic E-state index is 0.634. The highest BCUT2D eigenvalue weighted by molar-refractivity contribution is 5.81. The summed E-state index contributed by atoms with van der Waals surface area (Å²) in [6.07, 6.45) is 2.88. The Kier molecular flexibility index (Phi) is 5.01. The Morgan fingerprint density at radius 1 is 0.778 bits per heavy atom. The monoisotopic (exact) mass is 354 g/mol. The molecule has 0 aliphatic rings. The van der Waals surface area contributed by atoms with E-state index in [0.717, 1.165) is 46.7 Å². The molecule has 0 saturated carbocycles. The number of aromatic nitrogens is 1. The lowest BCUT2D eigenvalue weighted by atomic mass is 10.00. The molecule has 0 fully saturated rings. The molecule has 1 aromatic heterocycles. The van der Waals surface area contributed by atoms with Gasteiger partial charge in [-0.1, -0.05) is 67.6 Å². The molecule has 0 aliphatic heterocycles. The standard InChI is InChI=1S/C24H22N2O/c1-2-16-25-22-15-9-8-14-21(22)23-17-26-24(27-23)20-13-7-6-12-19(20)18-10-4-3-5-11-18/h3-15,17,25H,2,16H2,1H3. The summed E-state index contributed by atoms with van der Waals surface area (Å²) < 4.78 is 6.19. The highest BCUT2D eigenvalue weighted by atomic mass is 16.4. The summed E-state index contributed by atoms with van der Waals surface area (Å²) in [6, 6.07) is 26.7. The maximum Gasteiger partial charge on any atom is 0.227 e. The quantitative estimate of drug-likeness (QED) is 0.429. The average Bonchev–Trinajstić information content (AvgIpc) is 3.23. The van der Waals surface area contributed by atoms with Gasteiger partial charge in [-0.2, -0.15) is 0 Å². The van der Waals surface area contributed by atoms with Gasteiger partial charge in [-0.05, 0) is 35.7 Å². The first-order valence-corrected chi connectivity index (χ1v) is 9.30. The van der Waals surface area contributed by atoms with Crippen molar-refractivity contribution in [2.75, 3.05) is 11.9 Å². The van der Waals surface area contributed by atoms with Crippen LogP contribution in [0.3, 0.4) is 0 Å². The molecule has 0 radical (unpaired) electrons. The van der Waals surface area contributed by atoms with Gasteiger partial charge in [0.25, 0.3) is 0 Å². The Balaban J connectivity index is 1.73. The van der Waals surface area contributed by atoms with Crippen LogP contribution < -0.4 is 5.32 Å². The zero-order valence-electron chi connectivity index (χ0n) is 15.4. The van der Waals surface area contributed by atoms with Crippen LogP contribution in [0.5, 0.6) is 0 Å². The fourth-order valence-electron chi connectivity index (χ4n) is 3.17. The predicted octanol–water partition coefficient (Wildman–Crippen LogP) is 6.50. The van der Waals surface area contributed by atoms with Crippen LogP contribution in [-0.2, 0) is 0 Å². The van der Waals surface area contributed by atoms with E-state index in [1.165, 1.54) is 0 Å². The van der Waals surface area contributed by atoms with E-state index >= 15 is 0 Å². The minimum Gasteiger partial charge on any atom is -0.436 e. The molecule has 134 valence electrons. The number of rotatable bonds is 6. The van der Waals surface area contributed by atoms with Gasteiger partial charge in [0.2, 0.25) is 5.89 Å². The third-order valence-electron chi connectivity index (χ3n) is 4.51. The molecule has 3 aromatic carbocycles. The lowest BCUT2D eigenvalue weighted by Gasteiger charge is -2.09. The molecule has 0 aliphatic carbocycles. The predicted molar refractivity (Wildman–Crippen MR) is 112 cm³/mol. The zero-order chi connectivity index (χ0) is 18.5. The summed E-state index contributed by atoms with van der Waals surface area (Å²) in [6.45, 7) is 3.08. The van der Waals surface area contributed by atoms with Gasteiger partial charge in [0.1, 0.15) is 0 Å². The first-order chi connectivity index (χ1) is 13.4. The number of hydrogen-bond acceptors (Lipinski definition) is 3. The topological polar surface area (TPSA) is 38.1 Å². The van der Waals surface area contributed by atoms with Gasteiger partial charge in [0, 0.05) is 23.4 Å². The van der Waals surface area contributed by atoms with Crippen molar-refractivity contribution in [3.63, 3.8) is 0 Å². The van der Waals surface area contributed by atoms with Gasteiger partial charge in [0.15, 0.2) is 5.76 Å². The van der Waals surface area contributed by atoms with Crippen molar-refractivity contribution in [1.29, 1.82) is 0 Å². The second-order valence-corrected chi connectivity index (χ2v) is 6.41. The molecular formula is C24H22N2O. The highest BCUT2D eigenvalue weighted by Gasteiger charge is 2.14. The van der Waals surface area contributed by atoms with Crippen LogP contribution in [0.4, 0.5) is 5.69 Å². The molecule has 0 bridgehead atoms. The van der Waals surface area contributed by atoms with Crippen LogP contribution >= 0.6 is 0 Å². The molecule has 1 heterocycles. The van der Waals surface area contributed by atoms with E-state index < -0.39 is 0 Å². The SMILES string of the molecule is CCCNc1ccccc1-c1cnc(-c2ccccc2-c2ccccc2)o1. The van der Waals surface area contributed by atoms with E-state index in [2.05, 4.69) is 53.6 Å². The average molecular weight is 354 g/mol. The van der Waals surface area contributed by atoms with Crippen molar-refractivity contribution in [2.45, 2.75) is 13.3 Å². The molecule has 4 aromatic rings. The van der Waals surface area contributed by atoms with Gasteiger partial charge in [-0.3, -0.25) is 0 Å². The lowest BCUT2D eigenvalue weighted by molar-refractivity contribution is 0.589. The van der Waals surface area contributed by atoms with Crippen LogP contribution in [0.15, 0.2) is 89.5 Å². The van der Waals surface area contributed by atoms with Gasteiger partial charge < -0.3 is 9.73 Å². The molecular weight excluding hydrogens is 332 g/mol. The van der Waals surface area contributed by atoms with Crippen LogP contribution in [-0.4, -0.2) is 11.5 Å². The normalized spacial score (nSPS) is 10.7. The third kappa shape index (κ3) is 3.63. The number of para-hydroxylation sites is 1. The van der Waals surface area contributed by atoms with Gasteiger partial charge in [-0.15, -0.1) is 0 Å². The first kappa shape index (κ1) is 17.1. The second kappa shape index (κ2) is 7.92. The third-order valence-corrected chi connectivity index (χ3v) is 4.51. The summed E-state index contributed by atoms with van der Waals surface area (Å²) in [7, 11) is 0. The van der Waals surface area contributed by atoms with Crippen LogP contribution in [0.1, 0.15) is 13.3 Å². The fourth-order valence-corrected chi connectivity index (χ4v) is 3.17. The van der Waals surface area contributed by atoms with Crippen LogP contribution in [0.2, 0.25) is 0 Å². The molecule has 0 spiro atoms. The number of benzene rings is 3. The van der Waals surface area contributed by atoms with Crippen molar-refractivity contribution < 1.29 is 4.42 Å². The van der Waals surface area contributed by atoms with Crippen molar-refractivity contribution in [2.24, 2.45) is 0 Å². The molecule has 27 heavy (non-hydrogen) atoms. The Morgan fingerprint density at radius 3 is 2.22 bits per heavy atom. The number of nitrogens with zero attached hydrogens (tertiary/aromatic N) is 1. The summed E-state index contributed by atoms with van der Waals surface area (Å²) >= 11 is 0. The number of hydrogen-bond donors (Lipinski definition) is 1. The molecule has 3 heteroatoms. The van der Waals surface area contributed by atoms with E-state index in [1.54, 1.807) is 0 Å². The van der Waals surface area contributed by atoms with E-state index in [9.17, 15) is 0 Å². The summed E-state index contributed by atoms with van der Waals surface area (Å²) in [5, 5.41) is 3.46. The second-order valence-electron chi connectivity index (χ2n) is 6.41. The molecule has 0 atom stereocenters. The first-order valence-electron chi connectivity index (χ1n) is 9.30. The van der Waals surface area contributed by atoms with Crippen LogP contribution in [0.25, 0.3) is 33.9 Å². The Hall–Kier alpha value is -3.33.